The second-order valence-corrected chi connectivity index (χ2v) is 13.4. The summed E-state index contributed by atoms with van der Waals surface area (Å²) in [4.78, 5) is 12.9. The van der Waals surface area contributed by atoms with Gasteiger partial charge < -0.3 is 13.8 Å². The summed E-state index contributed by atoms with van der Waals surface area (Å²) >= 11 is 0. The molecule has 35 heavy (non-hydrogen) atoms. The van der Waals surface area contributed by atoms with Gasteiger partial charge in [0.25, 0.3) is 0 Å². The molecule has 0 saturated carbocycles. The normalized spacial score (nSPS) is 15.9. The number of hydrogen-bond donors (Lipinski definition) is 0. The number of carbonyl (C=O) groups is 1. The average molecular weight is 516 g/mol. The number of rotatable bonds is 11. The second kappa shape index (κ2) is 12.5. The molecule has 0 aromatic heterocycles. The summed E-state index contributed by atoms with van der Waals surface area (Å²) in [6.07, 6.45) is 11.8. The van der Waals surface area contributed by atoms with Gasteiger partial charge in [0.15, 0.2) is 0 Å². The van der Waals surface area contributed by atoms with Gasteiger partial charge in [-0.15, -0.1) is 0 Å². The van der Waals surface area contributed by atoms with Gasteiger partial charge in [0.1, 0.15) is 27.3 Å². The summed E-state index contributed by atoms with van der Waals surface area (Å²) in [5.74, 6) is 0. The van der Waals surface area contributed by atoms with E-state index in [0.717, 1.165) is 17.5 Å². The van der Waals surface area contributed by atoms with Crippen LogP contribution in [-0.4, -0.2) is 50.5 Å². The van der Waals surface area contributed by atoms with Crippen LogP contribution >= 0.6 is 0 Å². The van der Waals surface area contributed by atoms with E-state index in [1.165, 1.54) is 6.08 Å². The Balaban J connectivity index is 3.59. The lowest BCUT2D eigenvalue weighted by atomic mass is 9.71. The molecular formula is C29H49NO3Si2. The highest BCUT2D eigenvalue weighted by Gasteiger charge is 2.51. The van der Waals surface area contributed by atoms with Gasteiger partial charge in [-0.3, -0.25) is 4.79 Å². The average Bonchev–Trinajstić information content (AvgIpc) is 2.69. The van der Waals surface area contributed by atoms with Gasteiger partial charge in [-0.25, -0.2) is 0 Å². The van der Waals surface area contributed by atoms with Gasteiger partial charge in [0, 0.05) is 5.69 Å². The molecule has 0 heterocycles. The van der Waals surface area contributed by atoms with Crippen LogP contribution in [0.15, 0.2) is 54.6 Å². The molecule has 4 nitrogen and oxygen atoms in total. The van der Waals surface area contributed by atoms with Crippen LogP contribution in [0.2, 0.25) is 0 Å². The maximum absolute atomic E-state index is 10.4. The third-order valence-electron chi connectivity index (χ3n) is 6.44. The van der Waals surface area contributed by atoms with Crippen molar-refractivity contribution in [1.82, 2.24) is 0 Å². The molecule has 0 N–H and O–H groups in total. The van der Waals surface area contributed by atoms with Crippen LogP contribution in [0.1, 0.15) is 74.8 Å². The van der Waals surface area contributed by atoms with Crippen molar-refractivity contribution in [2.45, 2.75) is 92.5 Å². The SMILES string of the molecule is CC(C)(C)C(O[SiH3])C(C)(C)N(c1ccc(C=CC=CC=CC=O)cc1)C(C)(C)C(O[SiH3])C(C)(C)C. The lowest BCUT2D eigenvalue weighted by Crippen LogP contribution is -2.69. The molecule has 2 atom stereocenters. The number of hydrogen-bond acceptors (Lipinski definition) is 4. The van der Waals surface area contributed by atoms with Crippen molar-refractivity contribution in [2.24, 2.45) is 10.8 Å². The molecule has 2 unspecified atom stereocenters. The maximum atomic E-state index is 10.4. The van der Waals surface area contributed by atoms with E-state index in [1.807, 2.05) is 18.2 Å². The molecule has 1 aromatic rings. The molecule has 0 aliphatic rings. The first-order valence-electron chi connectivity index (χ1n) is 12.5. The third kappa shape index (κ3) is 8.14. The first-order valence-corrected chi connectivity index (χ1v) is 14.1. The van der Waals surface area contributed by atoms with E-state index in [4.69, 9.17) is 8.85 Å². The van der Waals surface area contributed by atoms with Gasteiger partial charge in [-0.05, 0) is 62.3 Å². The monoisotopic (exact) mass is 515 g/mol. The molecule has 1 aromatic carbocycles. The standard InChI is InChI=1S/C29H49NO3Si2/c1-26(2,3)24(32-34)28(7,8)30(29(9,10)25(33-35)27(4,5)6)23-19-17-22(18-20-23)16-14-12-11-13-15-21-31/h11-21,24-25H,1-10,34-35H3. The Kier molecular flexibility index (Phi) is 11.2. The van der Waals surface area contributed by atoms with Crippen molar-refractivity contribution in [3.05, 3.63) is 60.2 Å². The van der Waals surface area contributed by atoms with Crippen molar-refractivity contribution in [3.63, 3.8) is 0 Å². The highest BCUT2D eigenvalue weighted by atomic mass is 28.2. The minimum atomic E-state index is -0.294. The molecule has 0 saturated heterocycles. The number of aldehydes is 1. The molecular weight excluding hydrogens is 466 g/mol. The van der Waals surface area contributed by atoms with Crippen LogP contribution in [0.4, 0.5) is 5.69 Å². The quantitative estimate of drug-likeness (QED) is 0.184. The van der Waals surface area contributed by atoms with Crippen molar-refractivity contribution in [1.29, 1.82) is 0 Å². The minimum Gasteiger partial charge on any atom is -0.422 e. The summed E-state index contributed by atoms with van der Waals surface area (Å²) in [5.41, 5.74) is 1.64. The zero-order valence-electron chi connectivity index (χ0n) is 24.2. The lowest BCUT2D eigenvalue weighted by Gasteiger charge is -2.59. The van der Waals surface area contributed by atoms with Crippen molar-refractivity contribution >= 4 is 39.0 Å². The number of anilines is 1. The summed E-state index contributed by atoms with van der Waals surface area (Å²) in [6.45, 7) is 22.8. The molecule has 0 aliphatic carbocycles. The Bertz CT molecular complexity index is 854. The van der Waals surface area contributed by atoms with Gasteiger partial charge in [0.2, 0.25) is 0 Å². The van der Waals surface area contributed by atoms with Gasteiger partial charge in [-0.1, -0.05) is 84.1 Å². The molecule has 1 rings (SSSR count). The summed E-state index contributed by atoms with van der Waals surface area (Å²) in [6, 6.07) is 8.72. The molecule has 0 fully saturated rings. The molecule has 0 amide bonds. The van der Waals surface area contributed by atoms with E-state index in [9.17, 15) is 4.79 Å². The predicted octanol–water partition coefficient (Wildman–Crippen LogP) is 4.80. The van der Waals surface area contributed by atoms with E-state index >= 15 is 0 Å². The second-order valence-electron chi connectivity index (χ2n) is 12.5. The van der Waals surface area contributed by atoms with Gasteiger partial charge in [0.05, 0.1) is 23.3 Å². The molecule has 0 spiro atoms. The van der Waals surface area contributed by atoms with E-state index < -0.39 is 0 Å². The van der Waals surface area contributed by atoms with E-state index in [2.05, 4.69) is 104 Å². The zero-order valence-corrected chi connectivity index (χ0v) is 28.2. The summed E-state index contributed by atoms with van der Waals surface area (Å²) in [5, 5.41) is 0. The van der Waals surface area contributed by atoms with Gasteiger partial charge in [-0.2, -0.15) is 0 Å². The van der Waals surface area contributed by atoms with E-state index in [0.29, 0.717) is 21.0 Å². The fraction of sp³-hybridized carbons (Fsp3) is 0.552. The zero-order chi connectivity index (χ0) is 27.1. The van der Waals surface area contributed by atoms with Crippen LogP contribution in [-0.2, 0) is 13.6 Å². The van der Waals surface area contributed by atoms with Crippen LogP contribution in [0.25, 0.3) is 6.08 Å². The van der Waals surface area contributed by atoms with Crippen molar-refractivity contribution in [2.75, 3.05) is 4.90 Å². The topological polar surface area (TPSA) is 38.8 Å². The summed E-state index contributed by atoms with van der Waals surface area (Å²) < 4.78 is 12.6. The Hall–Kier alpha value is -1.74. The number of carbonyl (C=O) groups excluding carboxylic acids is 1. The van der Waals surface area contributed by atoms with Crippen LogP contribution in [0, 0.1) is 10.8 Å². The predicted molar refractivity (Wildman–Crippen MR) is 159 cm³/mol. The fourth-order valence-electron chi connectivity index (χ4n) is 6.18. The number of benzene rings is 1. The lowest BCUT2D eigenvalue weighted by molar-refractivity contribution is -0.104. The fourth-order valence-corrected chi connectivity index (χ4v) is 8.75. The molecule has 196 valence electrons. The maximum Gasteiger partial charge on any atom is 0.146 e. The Labute approximate surface area is 220 Å². The third-order valence-corrected chi connectivity index (χ3v) is 7.39. The Morgan fingerprint density at radius 3 is 1.46 bits per heavy atom. The highest BCUT2D eigenvalue weighted by Crippen LogP contribution is 2.45. The van der Waals surface area contributed by atoms with Crippen LogP contribution < -0.4 is 4.90 Å². The van der Waals surface area contributed by atoms with Crippen molar-refractivity contribution in [3.8, 4) is 0 Å². The first-order chi connectivity index (χ1) is 16.0. The molecule has 6 heteroatoms. The molecule has 0 radical (unpaired) electrons. The smallest absolute Gasteiger partial charge is 0.146 e. The van der Waals surface area contributed by atoms with Crippen LogP contribution in [0.5, 0.6) is 0 Å². The van der Waals surface area contributed by atoms with E-state index in [1.54, 1.807) is 6.08 Å². The minimum absolute atomic E-state index is 0.0219. The highest BCUT2D eigenvalue weighted by molar-refractivity contribution is 5.98. The molecule has 0 bridgehead atoms. The number of nitrogens with zero attached hydrogens (tertiary/aromatic N) is 1. The van der Waals surface area contributed by atoms with Crippen molar-refractivity contribution < 1.29 is 13.6 Å². The first kappa shape index (κ1) is 31.3. The summed E-state index contributed by atoms with van der Waals surface area (Å²) in [7, 11) is 1.35. The van der Waals surface area contributed by atoms with E-state index in [-0.39, 0.29) is 34.1 Å². The largest absolute Gasteiger partial charge is 0.422 e. The molecule has 0 aliphatic heterocycles. The number of allylic oxidation sites excluding steroid dienone is 5. The van der Waals surface area contributed by atoms with Gasteiger partial charge >= 0.3 is 0 Å². The Morgan fingerprint density at radius 2 is 1.09 bits per heavy atom. The Morgan fingerprint density at radius 1 is 0.686 bits per heavy atom. The van der Waals surface area contributed by atoms with Crippen LogP contribution in [0.3, 0.4) is 0 Å².